The summed E-state index contributed by atoms with van der Waals surface area (Å²) in [4.78, 5) is 35.5. The molecule has 0 aliphatic heterocycles. The lowest BCUT2D eigenvalue weighted by Gasteiger charge is -2.09. The van der Waals surface area contributed by atoms with Crippen LogP contribution in [0.4, 0.5) is 5.69 Å². The Bertz CT molecular complexity index is 857. The van der Waals surface area contributed by atoms with Crippen molar-refractivity contribution in [3.05, 3.63) is 58.1 Å². The van der Waals surface area contributed by atoms with Gasteiger partial charge in [0.05, 0.1) is 24.2 Å². The van der Waals surface area contributed by atoms with Crippen molar-refractivity contribution in [1.82, 2.24) is 10.9 Å². The summed E-state index contributed by atoms with van der Waals surface area (Å²) in [5.74, 6) is -0.559. The first kappa shape index (κ1) is 21.5. The minimum Gasteiger partial charge on any atom is -0.497 e. The third-order valence-electron chi connectivity index (χ3n) is 3.65. The zero-order valence-corrected chi connectivity index (χ0v) is 16.6. The van der Waals surface area contributed by atoms with Gasteiger partial charge in [0.25, 0.3) is 0 Å². The fourth-order valence-corrected chi connectivity index (χ4v) is 2.66. The molecule has 0 aromatic heterocycles. The number of anilines is 1. The smallest absolute Gasteiger partial charge is 0.242 e. The van der Waals surface area contributed by atoms with E-state index in [2.05, 4.69) is 16.2 Å². The van der Waals surface area contributed by atoms with Gasteiger partial charge in [0.15, 0.2) is 0 Å². The number of hydrogen-bond acceptors (Lipinski definition) is 4. The second-order valence-corrected chi connectivity index (χ2v) is 6.64. The summed E-state index contributed by atoms with van der Waals surface area (Å²) in [5, 5.41) is 3.35. The highest BCUT2D eigenvalue weighted by Gasteiger charge is 2.10. The molecule has 2 rings (SSSR count). The summed E-state index contributed by atoms with van der Waals surface area (Å²) in [5.41, 5.74) is 5.76. The Balaban J connectivity index is 1.69. The molecular formula is C19H19Cl2N3O4. The lowest BCUT2D eigenvalue weighted by molar-refractivity contribution is -0.129. The van der Waals surface area contributed by atoms with E-state index in [0.717, 1.165) is 5.56 Å². The topological polar surface area (TPSA) is 96.5 Å². The van der Waals surface area contributed by atoms with Gasteiger partial charge in [0, 0.05) is 17.9 Å². The molecule has 0 unspecified atom stereocenters. The van der Waals surface area contributed by atoms with Crippen LogP contribution in [0.1, 0.15) is 18.4 Å². The number of halogens is 2. The number of methoxy groups -OCH3 is 1. The molecule has 0 aliphatic carbocycles. The number of nitrogens with one attached hydrogen (secondary N) is 3. The molecule has 0 saturated carbocycles. The molecule has 2 aromatic rings. The number of hydrazine groups is 1. The molecule has 2 aromatic carbocycles. The largest absolute Gasteiger partial charge is 0.497 e. The van der Waals surface area contributed by atoms with Crippen molar-refractivity contribution in [2.24, 2.45) is 0 Å². The van der Waals surface area contributed by atoms with E-state index in [4.69, 9.17) is 27.9 Å². The number of ether oxygens (including phenoxy) is 1. The van der Waals surface area contributed by atoms with Crippen LogP contribution in [-0.4, -0.2) is 24.8 Å². The highest BCUT2D eigenvalue weighted by atomic mass is 35.5. The molecule has 28 heavy (non-hydrogen) atoms. The van der Waals surface area contributed by atoms with Gasteiger partial charge >= 0.3 is 0 Å². The lowest BCUT2D eigenvalue weighted by atomic mass is 10.1. The van der Waals surface area contributed by atoms with Crippen LogP contribution in [0.5, 0.6) is 5.75 Å². The van der Waals surface area contributed by atoms with Crippen LogP contribution in [0.25, 0.3) is 0 Å². The Kier molecular flexibility index (Phi) is 8.10. The van der Waals surface area contributed by atoms with Gasteiger partial charge in [0.1, 0.15) is 5.75 Å². The summed E-state index contributed by atoms with van der Waals surface area (Å²) >= 11 is 11.8. The molecule has 0 fully saturated rings. The van der Waals surface area contributed by atoms with E-state index in [0.29, 0.717) is 21.5 Å². The predicted octanol–water partition coefficient (Wildman–Crippen LogP) is 3.11. The molecular weight excluding hydrogens is 405 g/mol. The third-order valence-corrected chi connectivity index (χ3v) is 4.20. The average Bonchev–Trinajstić information content (AvgIpc) is 2.67. The van der Waals surface area contributed by atoms with Crippen LogP contribution in [-0.2, 0) is 20.8 Å². The normalized spacial score (nSPS) is 10.1. The van der Waals surface area contributed by atoms with Crippen LogP contribution in [0.15, 0.2) is 42.5 Å². The lowest BCUT2D eigenvalue weighted by Crippen LogP contribution is -2.42. The Labute approximate surface area is 172 Å². The summed E-state index contributed by atoms with van der Waals surface area (Å²) in [7, 11) is 1.56. The minimum atomic E-state index is -0.486. The van der Waals surface area contributed by atoms with Gasteiger partial charge in [0.2, 0.25) is 17.7 Å². The van der Waals surface area contributed by atoms with Crippen molar-refractivity contribution in [1.29, 1.82) is 0 Å². The number of amides is 3. The maximum absolute atomic E-state index is 11.9. The fourth-order valence-electron chi connectivity index (χ4n) is 2.21. The summed E-state index contributed by atoms with van der Waals surface area (Å²) < 4.78 is 5.05. The molecule has 148 valence electrons. The number of rotatable bonds is 7. The molecule has 0 atom stereocenters. The van der Waals surface area contributed by atoms with Crippen molar-refractivity contribution < 1.29 is 19.1 Å². The van der Waals surface area contributed by atoms with Crippen LogP contribution in [0.2, 0.25) is 10.0 Å². The van der Waals surface area contributed by atoms with Gasteiger partial charge in [-0.2, -0.15) is 0 Å². The molecule has 0 bridgehead atoms. The monoisotopic (exact) mass is 423 g/mol. The minimum absolute atomic E-state index is 0.0703. The maximum Gasteiger partial charge on any atom is 0.242 e. The van der Waals surface area contributed by atoms with E-state index in [-0.39, 0.29) is 31.1 Å². The summed E-state index contributed by atoms with van der Waals surface area (Å²) in [6.07, 6.45) is -0.0706. The van der Waals surface area contributed by atoms with Gasteiger partial charge in [-0.1, -0.05) is 35.3 Å². The average molecular weight is 424 g/mol. The third kappa shape index (κ3) is 7.09. The van der Waals surface area contributed by atoms with E-state index in [1.54, 1.807) is 43.5 Å². The second-order valence-electron chi connectivity index (χ2n) is 5.79. The Morgan fingerprint density at radius 3 is 2.18 bits per heavy atom. The molecule has 3 N–H and O–H groups in total. The van der Waals surface area contributed by atoms with Gasteiger partial charge in [-0.15, -0.1) is 0 Å². The van der Waals surface area contributed by atoms with Crippen molar-refractivity contribution in [3.8, 4) is 5.75 Å². The fraction of sp³-hybridized carbons (Fsp3) is 0.211. The van der Waals surface area contributed by atoms with E-state index < -0.39 is 5.91 Å². The van der Waals surface area contributed by atoms with E-state index in [1.165, 1.54) is 6.07 Å². The predicted molar refractivity (Wildman–Crippen MR) is 107 cm³/mol. The molecule has 0 spiro atoms. The maximum atomic E-state index is 11.9. The molecule has 0 radical (unpaired) electrons. The first-order valence-electron chi connectivity index (χ1n) is 8.33. The Morgan fingerprint density at radius 1 is 0.893 bits per heavy atom. The SMILES string of the molecule is COc1ccc(CC(=O)NNC(=O)CCC(=O)Nc2ccc(Cl)cc2Cl)cc1. The molecule has 0 saturated heterocycles. The van der Waals surface area contributed by atoms with Gasteiger partial charge < -0.3 is 10.1 Å². The van der Waals surface area contributed by atoms with E-state index in [1.807, 2.05) is 0 Å². The first-order valence-corrected chi connectivity index (χ1v) is 9.08. The zero-order chi connectivity index (χ0) is 20.5. The first-order chi connectivity index (χ1) is 13.4. The molecule has 0 heterocycles. The van der Waals surface area contributed by atoms with Crippen LogP contribution in [0, 0.1) is 0 Å². The number of hydrogen-bond donors (Lipinski definition) is 3. The van der Waals surface area contributed by atoms with E-state index >= 15 is 0 Å². The number of carbonyl (C=O) groups is 3. The van der Waals surface area contributed by atoms with Crippen LogP contribution >= 0.6 is 23.2 Å². The van der Waals surface area contributed by atoms with Gasteiger partial charge in [-0.25, -0.2) is 0 Å². The molecule has 7 nitrogen and oxygen atoms in total. The second kappa shape index (κ2) is 10.5. The molecule has 9 heteroatoms. The zero-order valence-electron chi connectivity index (χ0n) is 15.1. The Morgan fingerprint density at radius 2 is 1.54 bits per heavy atom. The van der Waals surface area contributed by atoms with Crippen molar-refractivity contribution in [2.45, 2.75) is 19.3 Å². The van der Waals surface area contributed by atoms with Crippen LogP contribution in [0.3, 0.4) is 0 Å². The van der Waals surface area contributed by atoms with Crippen LogP contribution < -0.4 is 20.9 Å². The highest BCUT2D eigenvalue weighted by molar-refractivity contribution is 6.36. The highest BCUT2D eigenvalue weighted by Crippen LogP contribution is 2.25. The van der Waals surface area contributed by atoms with E-state index in [9.17, 15) is 14.4 Å². The standard InChI is InChI=1S/C19H19Cl2N3O4/c1-28-14-5-2-12(3-6-14)10-19(27)24-23-18(26)9-8-17(25)22-16-7-4-13(20)11-15(16)21/h2-7,11H,8-10H2,1H3,(H,22,25)(H,23,26)(H,24,27). The molecule has 3 amide bonds. The van der Waals surface area contributed by atoms with Crippen molar-refractivity contribution >= 4 is 46.6 Å². The summed E-state index contributed by atoms with van der Waals surface area (Å²) in [6, 6.07) is 11.7. The van der Waals surface area contributed by atoms with Crippen molar-refractivity contribution in [2.75, 3.05) is 12.4 Å². The van der Waals surface area contributed by atoms with Gasteiger partial charge in [-0.3, -0.25) is 25.2 Å². The summed E-state index contributed by atoms with van der Waals surface area (Å²) in [6.45, 7) is 0. The Hall–Kier alpha value is -2.77. The quantitative estimate of drug-likeness (QED) is 0.596. The van der Waals surface area contributed by atoms with Crippen molar-refractivity contribution in [3.63, 3.8) is 0 Å². The number of carbonyl (C=O) groups excluding carboxylic acids is 3. The van der Waals surface area contributed by atoms with Gasteiger partial charge in [-0.05, 0) is 35.9 Å². The number of benzene rings is 2. The molecule has 0 aliphatic rings.